The van der Waals surface area contributed by atoms with Crippen molar-refractivity contribution in [2.45, 2.75) is 51.7 Å². The molecule has 0 saturated carbocycles. The summed E-state index contributed by atoms with van der Waals surface area (Å²) in [6.45, 7) is 8.17. The summed E-state index contributed by atoms with van der Waals surface area (Å²) in [5, 5.41) is 6.80. The third kappa shape index (κ3) is 9.46. The maximum Gasteiger partial charge on any atom is 0.191 e. The van der Waals surface area contributed by atoms with E-state index in [1.165, 1.54) is 0 Å². The Kier molecular flexibility index (Phi) is 11.9. The Labute approximate surface area is 168 Å². The Morgan fingerprint density at radius 1 is 1.48 bits per heavy atom. The van der Waals surface area contributed by atoms with Crippen LogP contribution in [0.15, 0.2) is 27.8 Å². The summed E-state index contributed by atoms with van der Waals surface area (Å²) in [6, 6.07) is 4.30. The van der Waals surface area contributed by atoms with Gasteiger partial charge in [0, 0.05) is 38.8 Å². The van der Waals surface area contributed by atoms with Crippen LogP contribution in [0.1, 0.15) is 38.9 Å². The van der Waals surface area contributed by atoms with E-state index in [9.17, 15) is 0 Å². The minimum atomic E-state index is 0. The first-order valence-corrected chi connectivity index (χ1v) is 9.04. The van der Waals surface area contributed by atoms with Crippen molar-refractivity contribution >= 4 is 29.9 Å². The van der Waals surface area contributed by atoms with Gasteiger partial charge in [0.2, 0.25) is 0 Å². The molecule has 1 saturated heterocycles. The summed E-state index contributed by atoms with van der Waals surface area (Å²) >= 11 is 0. The Balaban J connectivity index is 0.00000312. The van der Waals surface area contributed by atoms with Crippen molar-refractivity contribution in [3.63, 3.8) is 0 Å². The van der Waals surface area contributed by atoms with Crippen LogP contribution in [0.25, 0.3) is 0 Å². The largest absolute Gasteiger partial charge is 0.469 e. The number of rotatable bonds is 10. The van der Waals surface area contributed by atoms with Gasteiger partial charge in [-0.3, -0.25) is 4.99 Å². The number of guanidine groups is 1. The predicted octanol–water partition coefficient (Wildman–Crippen LogP) is 2.97. The summed E-state index contributed by atoms with van der Waals surface area (Å²) in [6.07, 6.45) is 5.82. The molecule has 0 spiro atoms. The van der Waals surface area contributed by atoms with Crippen molar-refractivity contribution in [1.29, 1.82) is 0 Å². The zero-order valence-corrected chi connectivity index (χ0v) is 17.7. The average Bonchev–Trinajstić information content (AvgIpc) is 3.27. The molecule has 144 valence electrons. The Morgan fingerprint density at radius 3 is 3.04 bits per heavy atom. The molecule has 2 unspecified atom stereocenters. The lowest BCUT2D eigenvalue weighted by molar-refractivity contribution is 0.0424. The third-order valence-corrected chi connectivity index (χ3v) is 4.05. The van der Waals surface area contributed by atoms with Crippen molar-refractivity contribution in [2.75, 3.05) is 32.9 Å². The number of nitrogens with one attached hydrogen (secondary N) is 2. The van der Waals surface area contributed by atoms with E-state index in [2.05, 4.69) is 29.5 Å². The molecular weight excluding hydrogens is 433 g/mol. The Bertz CT molecular complexity index is 462. The van der Waals surface area contributed by atoms with E-state index >= 15 is 0 Å². The first-order chi connectivity index (χ1) is 11.8. The van der Waals surface area contributed by atoms with Gasteiger partial charge in [-0.2, -0.15) is 0 Å². The molecule has 6 nitrogen and oxygen atoms in total. The number of aliphatic imine (C=N–C) groups is 1. The van der Waals surface area contributed by atoms with E-state index in [-0.39, 0.29) is 30.1 Å². The SMILES string of the molecule is CCC(C)NC(=NCCCOC1CCOC1)NCCc1ccco1.I. The minimum absolute atomic E-state index is 0. The second-order valence-corrected chi connectivity index (χ2v) is 6.15. The van der Waals surface area contributed by atoms with Crippen LogP contribution in [0.2, 0.25) is 0 Å². The van der Waals surface area contributed by atoms with Crippen molar-refractivity contribution in [2.24, 2.45) is 4.99 Å². The molecule has 0 radical (unpaired) electrons. The van der Waals surface area contributed by atoms with E-state index < -0.39 is 0 Å². The molecule has 2 heterocycles. The van der Waals surface area contributed by atoms with Crippen LogP contribution >= 0.6 is 24.0 Å². The Hall–Kier alpha value is -0.800. The quantitative estimate of drug-likeness (QED) is 0.241. The zero-order chi connectivity index (χ0) is 17.0. The van der Waals surface area contributed by atoms with Crippen LogP contribution in [-0.4, -0.2) is 51.0 Å². The van der Waals surface area contributed by atoms with E-state index in [0.29, 0.717) is 6.04 Å². The van der Waals surface area contributed by atoms with Gasteiger partial charge in [-0.15, -0.1) is 24.0 Å². The van der Waals surface area contributed by atoms with Crippen LogP contribution in [0, 0.1) is 0 Å². The van der Waals surface area contributed by atoms with E-state index in [0.717, 1.165) is 70.3 Å². The first kappa shape index (κ1) is 22.2. The topological polar surface area (TPSA) is 68.0 Å². The molecule has 1 aromatic heterocycles. The van der Waals surface area contributed by atoms with Crippen LogP contribution in [-0.2, 0) is 15.9 Å². The summed E-state index contributed by atoms with van der Waals surface area (Å²) in [5.74, 6) is 1.85. The molecular formula is C18H32IN3O3. The van der Waals surface area contributed by atoms with E-state index in [1.807, 2.05) is 12.1 Å². The Morgan fingerprint density at radius 2 is 2.36 bits per heavy atom. The fraction of sp³-hybridized carbons (Fsp3) is 0.722. The normalized spacial score (nSPS) is 18.6. The highest BCUT2D eigenvalue weighted by Crippen LogP contribution is 2.08. The second-order valence-electron chi connectivity index (χ2n) is 6.15. The molecule has 0 amide bonds. The zero-order valence-electron chi connectivity index (χ0n) is 15.3. The predicted molar refractivity (Wildman–Crippen MR) is 111 cm³/mol. The monoisotopic (exact) mass is 465 g/mol. The summed E-state index contributed by atoms with van der Waals surface area (Å²) in [4.78, 5) is 4.65. The molecule has 7 heteroatoms. The fourth-order valence-electron chi connectivity index (χ4n) is 2.40. The van der Waals surface area contributed by atoms with E-state index in [1.54, 1.807) is 6.26 Å². The number of halogens is 1. The van der Waals surface area contributed by atoms with Gasteiger partial charge in [-0.05, 0) is 38.3 Å². The lowest BCUT2D eigenvalue weighted by Crippen LogP contribution is -2.43. The fourth-order valence-corrected chi connectivity index (χ4v) is 2.40. The van der Waals surface area contributed by atoms with Crippen LogP contribution in [0.4, 0.5) is 0 Å². The number of hydrogen-bond donors (Lipinski definition) is 2. The average molecular weight is 465 g/mol. The number of furan rings is 1. The molecule has 25 heavy (non-hydrogen) atoms. The number of nitrogens with zero attached hydrogens (tertiary/aromatic N) is 1. The smallest absolute Gasteiger partial charge is 0.191 e. The molecule has 2 atom stereocenters. The molecule has 1 fully saturated rings. The molecule has 1 aromatic rings. The number of ether oxygens (including phenoxy) is 2. The molecule has 1 aliphatic rings. The first-order valence-electron chi connectivity index (χ1n) is 9.04. The van der Waals surface area contributed by atoms with Gasteiger partial charge in [0.05, 0.1) is 19.0 Å². The van der Waals surface area contributed by atoms with Gasteiger partial charge in [-0.1, -0.05) is 6.92 Å². The van der Waals surface area contributed by atoms with E-state index in [4.69, 9.17) is 13.9 Å². The van der Waals surface area contributed by atoms with Gasteiger partial charge in [0.15, 0.2) is 5.96 Å². The van der Waals surface area contributed by atoms with Crippen molar-refractivity contribution in [3.8, 4) is 0 Å². The van der Waals surface area contributed by atoms with Gasteiger partial charge in [-0.25, -0.2) is 0 Å². The standard InChI is InChI=1S/C18H31N3O3.HI/c1-3-15(2)21-18(20-10-7-16-6-4-11-23-16)19-9-5-12-24-17-8-13-22-14-17;/h4,6,11,15,17H,3,5,7-10,12-14H2,1-2H3,(H2,19,20,21);1H. The highest BCUT2D eigenvalue weighted by atomic mass is 127. The van der Waals surface area contributed by atoms with Crippen molar-refractivity contribution in [3.05, 3.63) is 24.2 Å². The lowest BCUT2D eigenvalue weighted by Gasteiger charge is -2.17. The second kappa shape index (κ2) is 13.4. The lowest BCUT2D eigenvalue weighted by atomic mass is 10.3. The number of hydrogen-bond acceptors (Lipinski definition) is 4. The maximum atomic E-state index is 5.77. The van der Waals surface area contributed by atoms with Crippen molar-refractivity contribution in [1.82, 2.24) is 10.6 Å². The van der Waals surface area contributed by atoms with Gasteiger partial charge in [0.25, 0.3) is 0 Å². The van der Waals surface area contributed by atoms with Gasteiger partial charge >= 0.3 is 0 Å². The summed E-state index contributed by atoms with van der Waals surface area (Å²) in [7, 11) is 0. The highest BCUT2D eigenvalue weighted by Gasteiger charge is 2.15. The van der Waals surface area contributed by atoms with Gasteiger partial charge in [0.1, 0.15) is 5.76 Å². The molecule has 0 aliphatic carbocycles. The van der Waals surface area contributed by atoms with Crippen LogP contribution < -0.4 is 10.6 Å². The molecule has 0 bridgehead atoms. The van der Waals surface area contributed by atoms with Gasteiger partial charge < -0.3 is 24.5 Å². The third-order valence-electron chi connectivity index (χ3n) is 4.05. The van der Waals surface area contributed by atoms with Crippen LogP contribution in [0.5, 0.6) is 0 Å². The molecule has 1 aliphatic heterocycles. The van der Waals surface area contributed by atoms with Crippen LogP contribution in [0.3, 0.4) is 0 Å². The maximum absolute atomic E-state index is 5.77. The van der Waals surface area contributed by atoms with Crippen molar-refractivity contribution < 1.29 is 13.9 Å². The summed E-state index contributed by atoms with van der Waals surface area (Å²) < 4.78 is 16.4. The minimum Gasteiger partial charge on any atom is -0.469 e. The molecule has 0 aromatic carbocycles. The molecule has 2 N–H and O–H groups in total. The summed E-state index contributed by atoms with van der Waals surface area (Å²) in [5.41, 5.74) is 0. The highest BCUT2D eigenvalue weighted by molar-refractivity contribution is 14.0. The molecule has 2 rings (SSSR count).